The molecule has 1 fully saturated rings. The van der Waals surface area contributed by atoms with E-state index >= 15 is 0 Å². The summed E-state index contributed by atoms with van der Waals surface area (Å²) >= 11 is 0. The van der Waals surface area contributed by atoms with Crippen molar-refractivity contribution in [1.29, 1.82) is 0 Å². The van der Waals surface area contributed by atoms with Crippen LogP contribution in [-0.2, 0) is 16.0 Å². The Kier molecular flexibility index (Phi) is 6.83. The topological polar surface area (TPSA) is 49.4 Å². The molecule has 0 bridgehead atoms. The fraction of sp³-hybridized carbons (Fsp3) is 0.600. The van der Waals surface area contributed by atoms with Gasteiger partial charge in [0.2, 0.25) is 11.8 Å². The molecule has 132 valence electrons. The first kappa shape index (κ1) is 18.5. The average Bonchev–Trinajstić information content (AvgIpc) is 2.54. The van der Waals surface area contributed by atoms with Crippen molar-refractivity contribution in [3.05, 3.63) is 35.4 Å². The van der Waals surface area contributed by atoms with Gasteiger partial charge < -0.3 is 10.2 Å². The fourth-order valence-electron chi connectivity index (χ4n) is 3.06. The molecular weight excluding hydrogens is 300 g/mol. The van der Waals surface area contributed by atoms with Gasteiger partial charge in [-0.2, -0.15) is 0 Å². The van der Waals surface area contributed by atoms with Crippen LogP contribution in [0.1, 0.15) is 50.7 Å². The minimum Gasteiger partial charge on any atom is -0.353 e. The molecule has 1 aromatic carbocycles. The van der Waals surface area contributed by atoms with Gasteiger partial charge in [0.1, 0.15) is 0 Å². The van der Waals surface area contributed by atoms with Crippen molar-refractivity contribution >= 4 is 11.8 Å². The summed E-state index contributed by atoms with van der Waals surface area (Å²) in [4.78, 5) is 26.1. The molecule has 0 atom stereocenters. The highest BCUT2D eigenvalue weighted by Gasteiger charge is 2.23. The monoisotopic (exact) mass is 330 g/mol. The van der Waals surface area contributed by atoms with Gasteiger partial charge in [0.05, 0.1) is 0 Å². The van der Waals surface area contributed by atoms with Gasteiger partial charge in [-0.15, -0.1) is 0 Å². The SMILES string of the molecule is Cc1ccc(CCC(=O)NC2CCN(C(=O)CC(C)C)CC2)cc1. The van der Waals surface area contributed by atoms with E-state index in [1.807, 2.05) is 4.90 Å². The van der Waals surface area contributed by atoms with Crippen LogP contribution in [0.15, 0.2) is 24.3 Å². The first-order valence-corrected chi connectivity index (χ1v) is 9.06. The van der Waals surface area contributed by atoms with E-state index in [4.69, 9.17) is 0 Å². The minimum atomic E-state index is 0.113. The highest BCUT2D eigenvalue weighted by Crippen LogP contribution is 2.14. The highest BCUT2D eigenvalue weighted by molar-refractivity contribution is 5.77. The van der Waals surface area contributed by atoms with E-state index in [1.165, 1.54) is 11.1 Å². The molecule has 1 N–H and O–H groups in total. The molecule has 0 saturated carbocycles. The summed E-state index contributed by atoms with van der Waals surface area (Å²) in [7, 11) is 0. The number of carbonyl (C=O) groups is 2. The number of benzene rings is 1. The summed E-state index contributed by atoms with van der Waals surface area (Å²) in [5.74, 6) is 0.758. The summed E-state index contributed by atoms with van der Waals surface area (Å²) in [6, 6.07) is 8.54. The summed E-state index contributed by atoms with van der Waals surface area (Å²) < 4.78 is 0. The lowest BCUT2D eigenvalue weighted by Crippen LogP contribution is -2.46. The lowest BCUT2D eigenvalue weighted by atomic mass is 10.0. The molecule has 0 aliphatic carbocycles. The first-order valence-electron chi connectivity index (χ1n) is 9.06. The smallest absolute Gasteiger partial charge is 0.222 e. The Morgan fingerprint density at radius 3 is 2.38 bits per heavy atom. The Bertz CT molecular complexity index is 543. The van der Waals surface area contributed by atoms with Gasteiger partial charge >= 0.3 is 0 Å². The molecule has 1 aliphatic heterocycles. The number of piperidine rings is 1. The van der Waals surface area contributed by atoms with E-state index in [9.17, 15) is 9.59 Å². The Morgan fingerprint density at radius 1 is 1.17 bits per heavy atom. The Hall–Kier alpha value is -1.84. The van der Waals surface area contributed by atoms with Gasteiger partial charge in [-0.3, -0.25) is 9.59 Å². The average molecular weight is 330 g/mol. The molecule has 1 aromatic rings. The molecule has 0 unspecified atom stereocenters. The highest BCUT2D eigenvalue weighted by atomic mass is 16.2. The van der Waals surface area contributed by atoms with Crippen LogP contribution in [0.3, 0.4) is 0 Å². The van der Waals surface area contributed by atoms with Crippen LogP contribution >= 0.6 is 0 Å². The van der Waals surface area contributed by atoms with Crippen LogP contribution in [0.25, 0.3) is 0 Å². The summed E-state index contributed by atoms with van der Waals surface area (Å²) in [5, 5.41) is 3.12. The molecule has 1 aliphatic rings. The molecular formula is C20H30N2O2. The van der Waals surface area contributed by atoms with Crippen LogP contribution in [0.2, 0.25) is 0 Å². The molecule has 2 rings (SSSR count). The van der Waals surface area contributed by atoms with Gasteiger partial charge in [0.25, 0.3) is 0 Å². The minimum absolute atomic E-state index is 0.113. The van der Waals surface area contributed by atoms with Crippen molar-refractivity contribution in [1.82, 2.24) is 10.2 Å². The maximum Gasteiger partial charge on any atom is 0.222 e. The van der Waals surface area contributed by atoms with E-state index in [0.717, 1.165) is 32.4 Å². The lowest BCUT2D eigenvalue weighted by molar-refractivity contribution is -0.133. The van der Waals surface area contributed by atoms with Crippen molar-refractivity contribution in [3.8, 4) is 0 Å². The predicted octanol–water partition coefficient (Wildman–Crippen LogP) is 3.08. The zero-order valence-electron chi connectivity index (χ0n) is 15.2. The van der Waals surface area contributed by atoms with Gasteiger partial charge in [-0.25, -0.2) is 0 Å². The number of carbonyl (C=O) groups excluding carboxylic acids is 2. The third-order valence-corrected chi connectivity index (χ3v) is 4.56. The normalized spacial score (nSPS) is 15.6. The summed E-state index contributed by atoms with van der Waals surface area (Å²) in [6.45, 7) is 7.72. The maximum atomic E-state index is 12.1. The van der Waals surface area contributed by atoms with Gasteiger partial charge in [-0.1, -0.05) is 43.7 Å². The van der Waals surface area contributed by atoms with Gasteiger partial charge in [0.15, 0.2) is 0 Å². The quantitative estimate of drug-likeness (QED) is 0.871. The second-order valence-electron chi connectivity index (χ2n) is 7.31. The van der Waals surface area contributed by atoms with Crippen LogP contribution in [0.4, 0.5) is 0 Å². The number of hydrogen-bond donors (Lipinski definition) is 1. The fourth-order valence-corrected chi connectivity index (χ4v) is 3.06. The van der Waals surface area contributed by atoms with Crippen molar-refractivity contribution in [2.45, 2.75) is 58.9 Å². The predicted molar refractivity (Wildman–Crippen MR) is 96.7 cm³/mol. The lowest BCUT2D eigenvalue weighted by Gasteiger charge is -2.33. The number of nitrogens with zero attached hydrogens (tertiary/aromatic N) is 1. The number of likely N-dealkylation sites (tertiary alicyclic amines) is 1. The summed E-state index contributed by atoms with van der Waals surface area (Å²) in [5.41, 5.74) is 2.44. The van der Waals surface area contributed by atoms with Crippen LogP contribution in [0.5, 0.6) is 0 Å². The van der Waals surface area contributed by atoms with Crippen LogP contribution in [-0.4, -0.2) is 35.8 Å². The maximum absolute atomic E-state index is 12.1. The first-order chi connectivity index (χ1) is 11.4. The molecule has 0 aromatic heterocycles. The van der Waals surface area contributed by atoms with Crippen molar-refractivity contribution in [2.24, 2.45) is 5.92 Å². The van der Waals surface area contributed by atoms with E-state index < -0.39 is 0 Å². The standard InChI is InChI=1S/C20H30N2O2/c1-15(2)14-20(24)22-12-10-18(11-13-22)21-19(23)9-8-17-6-4-16(3)5-7-17/h4-7,15,18H,8-14H2,1-3H3,(H,21,23). The van der Waals surface area contributed by atoms with E-state index in [2.05, 4.69) is 50.4 Å². The number of nitrogens with one attached hydrogen (secondary N) is 1. The molecule has 24 heavy (non-hydrogen) atoms. The Balaban J connectivity index is 1.68. The van der Waals surface area contributed by atoms with E-state index in [1.54, 1.807) is 0 Å². The van der Waals surface area contributed by atoms with Gasteiger partial charge in [0, 0.05) is 32.0 Å². The second-order valence-corrected chi connectivity index (χ2v) is 7.31. The van der Waals surface area contributed by atoms with Crippen molar-refractivity contribution < 1.29 is 9.59 Å². The number of amides is 2. The molecule has 2 amide bonds. The third-order valence-electron chi connectivity index (χ3n) is 4.56. The van der Waals surface area contributed by atoms with Crippen LogP contribution < -0.4 is 5.32 Å². The van der Waals surface area contributed by atoms with Crippen molar-refractivity contribution in [2.75, 3.05) is 13.1 Å². The molecule has 0 radical (unpaired) electrons. The Labute approximate surface area is 145 Å². The Morgan fingerprint density at radius 2 is 1.79 bits per heavy atom. The molecule has 1 heterocycles. The number of aryl methyl sites for hydroxylation is 2. The zero-order chi connectivity index (χ0) is 17.5. The van der Waals surface area contributed by atoms with E-state index in [-0.39, 0.29) is 17.9 Å². The van der Waals surface area contributed by atoms with E-state index in [0.29, 0.717) is 18.8 Å². The number of hydrogen-bond acceptors (Lipinski definition) is 2. The molecule has 4 nitrogen and oxygen atoms in total. The largest absolute Gasteiger partial charge is 0.353 e. The summed E-state index contributed by atoms with van der Waals surface area (Å²) in [6.07, 6.45) is 3.64. The molecule has 4 heteroatoms. The third kappa shape index (κ3) is 5.99. The number of rotatable bonds is 6. The zero-order valence-corrected chi connectivity index (χ0v) is 15.2. The molecule has 1 saturated heterocycles. The van der Waals surface area contributed by atoms with Gasteiger partial charge in [-0.05, 0) is 37.7 Å². The van der Waals surface area contributed by atoms with Crippen molar-refractivity contribution in [3.63, 3.8) is 0 Å². The molecule has 0 spiro atoms. The second kappa shape index (κ2) is 8.86. The van der Waals surface area contributed by atoms with Crippen LogP contribution in [0, 0.1) is 12.8 Å².